The Labute approximate surface area is 247 Å². The molecule has 2 aromatic rings. The van der Waals surface area contributed by atoms with E-state index in [1.54, 1.807) is 4.90 Å². The van der Waals surface area contributed by atoms with Crippen LogP contribution in [0.4, 0.5) is 5.69 Å². The number of likely N-dealkylation sites (tertiary alicyclic amines) is 1. The predicted octanol–water partition coefficient (Wildman–Crippen LogP) is 4.95. The molecule has 1 saturated carbocycles. The maximum absolute atomic E-state index is 14.4. The van der Waals surface area contributed by atoms with Crippen LogP contribution in [0.25, 0.3) is 0 Å². The lowest BCUT2D eigenvalue weighted by molar-refractivity contribution is -0.142. The molecule has 0 aromatic heterocycles. The van der Waals surface area contributed by atoms with E-state index in [4.69, 9.17) is 9.47 Å². The van der Waals surface area contributed by atoms with E-state index in [0.29, 0.717) is 24.0 Å². The van der Waals surface area contributed by atoms with Gasteiger partial charge in [-0.25, -0.2) is 0 Å². The Bertz CT molecular complexity index is 1370. The van der Waals surface area contributed by atoms with Crippen LogP contribution in [0.1, 0.15) is 69.9 Å². The van der Waals surface area contributed by atoms with Crippen molar-refractivity contribution in [1.29, 1.82) is 0 Å². The van der Waals surface area contributed by atoms with E-state index in [1.165, 1.54) is 12.0 Å². The van der Waals surface area contributed by atoms with Crippen molar-refractivity contribution in [2.24, 2.45) is 11.8 Å². The molecule has 8 nitrogen and oxygen atoms in total. The van der Waals surface area contributed by atoms with Gasteiger partial charge in [-0.15, -0.1) is 0 Å². The quantitative estimate of drug-likeness (QED) is 0.416. The van der Waals surface area contributed by atoms with Crippen molar-refractivity contribution in [3.05, 3.63) is 71.8 Å². The number of carbonyl (C=O) groups is 3. The molecule has 6 rings (SSSR count). The van der Waals surface area contributed by atoms with Crippen LogP contribution >= 0.6 is 0 Å². The number of hydrogen-bond donors (Lipinski definition) is 2. The molecule has 4 aliphatic rings. The highest BCUT2D eigenvalue weighted by Gasteiger charge is 2.72. The number of anilines is 1. The Kier molecular flexibility index (Phi) is 7.83. The summed E-state index contributed by atoms with van der Waals surface area (Å²) in [6.07, 6.45) is 8.32. The van der Waals surface area contributed by atoms with Crippen LogP contribution in [-0.4, -0.2) is 53.0 Å². The lowest BCUT2D eigenvalue weighted by Crippen LogP contribution is -2.56. The second-order valence-electron chi connectivity index (χ2n) is 12.3. The van der Waals surface area contributed by atoms with Crippen molar-refractivity contribution in [1.82, 2.24) is 10.2 Å². The third-order valence-corrected chi connectivity index (χ3v) is 9.33. The van der Waals surface area contributed by atoms with Gasteiger partial charge in [0.1, 0.15) is 17.4 Å². The first-order valence-electron chi connectivity index (χ1n) is 15.4. The fraction of sp³-hybridized carbons (Fsp3) is 0.500. The monoisotopic (exact) mass is 571 g/mol. The normalized spacial score (nSPS) is 28.3. The summed E-state index contributed by atoms with van der Waals surface area (Å²) in [6.45, 7) is 6.83. The van der Waals surface area contributed by atoms with Gasteiger partial charge in [0.05, 0.1) is 31.1 Å². The van der Waals surface area contributed by atoms with Gasteiger partial charge in [0.2, 0.25) is 17.7 Å². The van der Waals surface area contributed by atoms with Crippen molar-refractivity contribution >= 4 is 23.4 Å². The van der Waals surface area contributed by atoms with Gasteiger partial charge in [0.15, 0.2) is 0 Å². The third kappa shape index (κ3) is 5.00. The molecular weight excluding hydrogens is 530 g/mol. The lowest BCUT2D eigenvalue weighted by Gasteiger charge is -2.34. The summed E-state index contributed by atoms with van der Waals surface area (Å²) in [5.41, 5.74) is 1.46. The molecule has 3 aliphatic heterocycles. The number of benzene rings is 2. The standard InChI is InChI=1S/C34H41N3O5/c1-4-41-26-13-9-8-10-23(26)20-37-30(32(39)36-24-11-6-5-7-12-24)34-19-18-27(42-34)28(29(34)33(37)40)31(38)35-25-16-14-22(15-17-25)21(2)3/h8-10,13-19,21,24,27-30H,4-7,11-12,20H2,1-3H3,(H,35,38)(H,36,39)/t27-,28?,29-,30?,34?/m1/s1. The number of para-hydroxylation sites is 1. The average molecular weight is 572 g/mol. The zero-order chi connectivity index (χ0) is 29.4. The smallest absolute Gasteiger partial charge is 0.246 e. The molecular formula is C34H41N3O5. The fourth-order valence-electron chi connectivity index (χ4n) is 7.26. The minimum atomic E-state index is -1.20. The van der Waals surface area contributed by atoms with Crippen LogP contribution in [0.15, 0.2) is 60.7 Å². The third-order valence-electron chi connectivity index (χ3n) is 9.33. The number of carbonyl (C=O) groups excluding carboxylic acids is 3. The molecule has 1 spiro atoms. The molecule has 2 aromatic carbocycles. The Morgan fingerprint density at radius 3 is 2.50 bits per heavy atom. The molecule has 2 saturated heterocycles. The van der Waals surface area contributed by atoms with Gasteiger partial charge in [-0.05, 0) is 49.4 Å². The number of amides is 3. The maximum atomic E-state index is 14.4. The van der Waals surface area contributed by atoms with Gasteiger partial charge in [-0.1, -0.05) is 75.6 Å². The summed E-state index contributed by atoms with van der Waals surface area (Å²) in [7, 11) is 0. The van der Waals surface area contributed by atoms with E-state index < -0.39 is 29.6 Å². The summed E-state index contributed by atoms with van der Waals surface area (Å²) >= 11 is 0. The van der Waals surface area contributed by atoms with Gasteiger partial charge in [0.25, 0.3) is 0 Å². The van der Waals surface area contributed by atoms with Gasteiger partial charge < -0.3 is 25.0 Å². The molecule has 5 atom stereocenters. The van der Waals surface area contributed by atoms with E-state index in [0.717, 1.165) is 31.2 Å². The van der Waals surface area contributed by atoms with Crippen LogP contribution < -0.4 is 15.4 Å². The maximum Gasteiger partial charge on any atom is 0.246 e. The summed E-state index contributed by atoms with van der Waals surface area (Å²) in [5, 5.41) is 6.27. The van der Waals surface area contributed by atoms with Gasteiger partial charge in [0, 0.05) is 17.3 Å². The van der Waals surface area contributed by atoms with Crippen LogP contribution in [0.3, 0.4) is 0 Å². The summed E-state index contributed by atoms with van der Waals surface area (Å²) in [6, 6.07) is 14.5. The second kappa shape index (κ2) is 11.6. The first-order valence-corrected chi connectivity index (χ1v) is 15.4. The Balaban J connectivity index is 1.31. The van der Waals surface area contributed by atoms with Gasteiger partial charge in [-0.2, -0.15) is 0 Å². The molecule has 2 N–H and O–H groups in total. The minimum Gasteiger partial charge on any atom is -0.494 e. The predicted molar refractivity (Wildman–Crippen MR) is 160 cm³/mol. The van der Waals surface area contributed by atoms with Crippen molar-refractivity contribution in [2.45, 2.75) is 89.1 Å². The molecule has 42 heavy (non-hydrogen) atoms. The van der Waals surface area contributed by atoms with Gasteiger partial charge >= 0.3 is 0 Å². The summed E-state index contributed by atoms with van der Waals surface area (Å²) in [4.78, 5) is 43.9. The number of rotatable bonds is 9. The van der Waals surface area contributed by atoms with Gasteiger partial charge in [-0.3, -0.25) is 14.4 Å². The molecule has 8 heteroatoms. The largest absolute Gasteiger partial charge is 0.494 e. The first-order chi connectivity index (χ1) is 20.3. The van der Waals surface area contributed by atoms with E-state index in [1.807, 2.05) is 67.6 Å². The SMILES string of the molecule is CCOc1ccccc1CN1C(=O)[C@H]2C(C(=O)Nc3ccc(C(C)C)cc3)[C@H]3C=CC2(O3)C1C(=O)NC1CCCCC1. The molecule has 3 heterocycles. The van der Waals surface area contributed by atoms with E-state index in [9.17, 15) is 14.4 Å². The second-order valence-corrected chi connectivity index (χ2v) is 12.3. The van der Waals surface area contributed by atoms with Crippen molar-refractivity contribution in [2.75, 3.05) is 11.9 Å². The highest BCUT2D eigenvalue weighted by molar-refractivity contribution is 6.02. The molecule has 0 radical (unpaired) electrons. The van der Waals surface area contributed by atoms with Crippen molar-refractivity contribution in [3.8, 4) is 5.75 Å². The molecule has 2 bridgehead atoms. The summed E-state index contributed by atoms with van der Waals surface area (Å²) < 4.78 is 12.4. The van der Waals surface area contributed by atoms with Crippen molar-refractivity contribution < 1.29 is 23.9 Å². The fourth-order valence-corrected chi connectivity index (χ4v) is 7.26. The first kappa shape index (κ1) is 28.5. The molecule has 222 valence electrons. The molecule has 1 aliphatic carbocycles. The zero-order valence-electron chi connectivity index (χ0n) is 24.7. The number of nitrogens with zero attached hydrogens (tertiary/aromatic N) is 1. The Morgan fingerprint density at radius 1 is 1.05 bits per heavy atom. The molecule has 3 amide bonds. The lowest BCUT2D eigenvalue weighted by atomic mass is 9.74. The molecule has 3 unspecified atom stereocenters. The Hall–Kier alpha value is -3.65. The zero-order valence-corrected chi connectivity index (χ0v) is 24.7. The van der Waals surface area contributed by atoms with Crippen LogP contribution in [-0.2, 0) is 25.7 Å². The minimum absolute atomic E-state index is 0.0739. The number of nitrogens with one attached hydrogen (secondary N) is 2. The van der Waals surface area contributed by atoms with Crippen LogP contribution in [0.5, 0.6) is 5.75 Å². The highest BCUT2D eigenvalue weighted by atomic mass is 16.5. The Morgan fingerprint density at radius 2 is 1.79 bits per heavy atom. The van der Waals surface area contributed by atoms with E-state index >= 15 is 0 Å². The average Bonchev–Trinajstić information content (AvgIpc) is 3.62. The number of fused-ring (bicyclic) bond motifs is 1. The summed E-state index contributed by atoms with van der Waals surface area (Å²) in [5.74, 6) is -1.23. The molecule has 3 fully saturated rings. The van der Waals surface area contributed by atoms with Crippen LogP contribution in [0.2, 0.25) is 0 Å². The number of hydrogen-bond acceptors (Lipinski definition) is 5. The topological polar surface area (TPSA) is 97.0 Å². The number of ether oxygens (including phenoxy) is 2. The van der Waals surface area contributed by atoms with E-state index in [-0.39, 0.29) is 30.3 Å². The van der Waals surface area contributed by atoms with Crippen LogP contribution in [0, 0.1) is 11.8 Å². The van der Waals surface area contributed by atoms with Crippen molar-refractivity contribution in [3.63, 3.8) is 0 Å². The van der Waals surface area contributed by atoms with E-state index in [2.05, 4.69) is 24.5 Å². The highest BCUT2D eigenvalue weighted by Crippen LogP contribution is 2.55.